The number of benzene rings is 2. The lowest BCUT2D eigenvalue weighted by Gasteiger charge is -2.32. The third-order valence-corrected chi connectivity index (χ3v) is 8.18. The number of aromatic nitrogens is 3. The molecule has 5 rings (SSSR count). The first kappa shape index (κ1) is 24.4. The lowest BCUT2D eigenvalue weighted by atomic mass is 10.0. The molecule has 0 aliphatic carbocycles. The van der Waals surface area contributed by atoms with E-state index in [0.29, 0.717) is 26.6 Å². The van der Waals surface area contributed by atoms with Gasteiger partial charge in [-0.15, -0.1) is 21.5 Å². The zero-order valence-corrected chi connectivity index (χ0v) is 21.8. The van der Waals surface area contributed by atoms with Crippen molar-refractivity contribution < 1.29 is 14.3 Å². The van der Waals surface area contributed by atoms with Gasteiger partial charge in [-0.2, -0.15) is 0 Å². The maximum Gasteiger partial charge on any atom is 0.341 e. The van der Waals surface area contributed by atoms with Gasteiger partial charge in [-0.1, -0.05) is 65.8 Å². The van der Waals surface area contributed by atoms with E-state index in [1.165, 1.54) is 23.1 Å². The van der Waals surface area contributed by atoms with Gasteiger partial charge in [-0.25, -0.2) is 9.47 Å². The molecule has 3 heterocycles. The predicted octanol–water partition coefficient (Wildman–Crippen LogP) is 5.54. The highest BCUT2D eigenvalue weighted by Crippen LogP contribution is 2.40. The number of rotatable bonds is 6. The number of amides is 1. The number of carbonyl (C=O) groups excluding carboxylic acids is 2. The Kier molecular flexibility index (Phi) is 6.99. The molecule has 1 amide bonds. The van der Waals surface area contributed by atoms with Crippen molar-refractivity contribution in [3.05, 3.63) is 82.6 Å². The first-order valence-corrected chi connectivity index (χ1v) is 13.3. The highest BCUT2D eigenvalue weighted by molar-refractivity contribution is 8.00. The summed E-state index contributed by atoms with van der Waals surface area (Å²) >= 11 is 8.74. The van der Waals surface area contributed by atoms with Crippen molar-refractivity contribution in [2.75, 3.05) is 17.3 Å². The molecule has 0 bridgehead atoms. The maximum absolute atomic E-state index is 13.7. The number of nitrogens with one attached hydrogen (secondary N) is 2. The van der Waals surface area contributed by atoms with E-state index in [-0.39, 0.29) is 12.5 Å². The van der Waals surface area contributed by atoms with Crippen LogP contribution < -0.4 is 10.7 Å². The Bertz CT molecular complexity index is 1410. The summed E-state index contributed by atoms with van der Waals surface area (Å²) in [6, 6.07) is 18.4. The van der Waals surface area contributed by atoms with Crippen LogP contribution in [0.15, 0.2) is 65.8 Å². The van der Waals surface area contributed by atoms with Crippen molar-refractivity contribution in [1.82, 2.24) is 14.9 Å². The summed E-state index contributed by atoms with van der Waals surface area (Å²) in [5.74, 6) is -0.0673. The van der Waals surface area contributed by atoms with Crippen molar-refractivity contribution >= 4 is 51.6 Å². The van der Waals surface area contributed by atoms with E-state index < -0.39 is 17.3 Å². The van der Waals surface area contributed by atoms with Gasteiger partial charge in [0, 0.05) is 9.90 Å². The van der Waals surface area contributed by atoms with E-state index in [9.17, 15) is 9.59 Å². The summed E-state index contributed by atoms with van der Waals surface area (Å²) in [4.78, 5) is 27.3. The first-order valence-electron chi connectivity index (χ1n) is 11.2. The average Bonchev–Trinajstić information content (AvgIpc) is 3.48. The quantitative estimate of drug-likeness (QED) is 0.310. The molecule has 11 heteroatoms. The van der Waals surface area contributed by atoms with Crippen LogP contribution in [0.4, 0.5) is 5.00 Å². The number of thioether (sulfide) groups is 1. The molecule has 36 heavy (non-hydrogen) atoms. The standard InChI is InChI=1S/C25H22ClN5O3S2/c1-3-34-24(33)18-13-19(15-7-5-4-6-8-15)35-23(18)27-22(32)21-20(16-9-11-17(26)12-10-16)30-31-14(2)28-29-25(31)36-21/h4-13,20-21,30H,3H2,1-2H3,(H,27,32)/t20-,21-/m0/s1. The molecule has 0 spiro atoms. The van der Waals surface area contributed by atoms with E-state index in [4.69, 9.17) is 16.3 Å². The molecule has 0 unspecified atom stereocenters. The normalized spacial score (nSPS) is 16.6. The maximum atomic E-state index is 13.7. The number of anilines is 1. The molecule has 184 valence electrons. The zero-order chi connectivity index (χ0) is 25.2. The monoisotopic (exact) mass is 539 g/mol. The Balaban J connectivity index is 1.49. The predicted molar refractivity (Wildman–Crippen MR) is 142 cm³/mol. The summed E-state index contributed by atoms with van der Waals surface area (Å²) < 4.78 is 7.03. The van der Waals surface area contributed by atoms with Crippen LogP contribution in [0.25, 0.3) is 10.4 Å². The van der Waals surface area contributed by atoms with Crippen LogP contribution in [0.1, 0.15) is 34.7 Å². The number of carbonyl (C=O) groups is 2. The minimum Gasteiger partial charge on any atom is -0.462 e. The number of aryl methyl sites for hydroxylation is 1. The summed E-state index contributed by atoms with van der Waals surface area (Å²) in [5.41, 5.74) is 5.52. The number of thiophene rings is 1. The number of fused-ring (bicyclic) bond motifs is 1. The zero-order valence-electron chi connectivity index (χ0n) is 19.4. The van der Waals surface area contributed by atoms with E-state index in [0.717, 1.165) is 16.0 Å². The SMILES string of the molecule is CCOC(=O)c1cc(-c2ccccc2)sc1NC(=O)[C@H]1Sc2nnc(C)n2N[C@H]1c1ccc(Cl)cc1. The molecule has 1 aliphatic rings. The fourth-order valence-corrected chi connectivity index (χ4v) is 6.16. The highest BCUT2D eigenvalue weighted by atomic mass is 35.5. The molecule has 2 aromatic heterocycles. The fraction of sp³-hybridized carbons (Fsp3) is 0.200. The highest BCUT2D eigenvalue weighted by Gasteiger charge is 2.38. The molecule has 8 nitrogen and oxygen atoms in total. The summed E-state index contributed by atoms with van der Waals surface area (Å²) in [6.07, 6.45) is 0. The fourth-order valence-electron chi connectivity index (χ4n) is 3.85. The first-order chi connectivity index (χ1) is 17.4. The Morgan fingerprint density at radius 3 is 2.61 bits per heavy atom. The van der Waals surface area contributed by atoms with Gasteiger partial charge < -0.3 is 15.5 Å². The van der Waals surface area contributed by atoms with E-state index in [2.05, 4.69) is 20.9 Å². The molecular formula is C25H22ClN5O3S2. The Hall–Kier alpha value is -3.34. The molecule has 1 aliphatic heterocycles. The number of ether oxygens (including phenoxy) is 1. The second kappa shape index (κ2) is 10.3. The van der Waals surface area contributed by atoms with Crippen molar-refractivity contribution in [2.45, 2.75) is 30.3 Å². The molecule has 0 saturated heterocycles. The average molecular weight is 540 g/mol. The van der Waals surface area contributed by atoms with Crippen LogP contribution in [0, 0.1) is 6.92 Å². The molecule has 0 radical (unpaired) electrons. The molecule has 2 atom stereocenters. The van der Waals surface area contributed by atoms with Crippen molar-refractivity contribution in [3.63, 3.8) is 0 Å². The lowest BCUT2D eigenvalue weighted by Crippen LogP contribution is -2.41. The molecule has 2 N–H and O–H groups in total. The molecule has 0 fully saturated rings. The van der Waals surface area contributed by atoms with E-state index in [1.807, 2.05) is 49.4 Å². The van der Waals surface area contributed by atoms with Gasteiger partial charge in [0.1, 0.15) is 16.1 Å². The topological polar surface area (TPSA) is 98.1 Å². The van der Waals surface area contributed by atoms with Gasteiger partial charge in [0.15, 0.2) is 0 Å². The Morgan fingerprint density at radius 2 is 1.89 bits per heavy atom. The number of nitrogens with zero attached hydrogens (tertiary/aromatic N) is 3. The second-order valence-corrected chi connectivity index (χ2v) is 10.6. The van der Waals surface area contributed by atoms with Gasteiger partial charge in [0.25, 0.3) is 0 Å². The van der Waals surface area contributed by atoms with Crippen LogP contribution in [0.3, 0.4) is 0 Å². The Morgan fingerprint density at radius 1 is 1.14 bits per heavy atom. The van der Waals surface area contributed by atoms with Crippen molar-refractivity contribution in [1.29, 1.82) is 0 Å². The van der Waals surface area contributed by atoms with Gasteiger partial charge in [0.2, 0.25) is 11.1 Å². The van der Waals surface area contributed by atoms with Crippen LogP contribution in [-0.2, 0) is 9.53 Å². The van der Waals surface area contributed by atoms with Gasteiger partial charge in [-0.3, -0.25) is 4.79 Å². The summed E-state index contributed by atoms with van der Waals surface area (Å²) in [5, 5.41) is 12.3. The van der Waals surface area contributed by atoms with Gasteiger partial charge in [0.05, 0.1) is 18.2 Å². The van der Waals surface area contributed by atoms with Crippen LogP contribution in [0.5, 0.6) is 0 Å². The number of hydrogen-bond donors (Lipinski definition) is 2. The smallest absolute Gasteiger partial charge is 0.341 e. The Labute approximate surface area is 221 Å². The molecular weight excluding hydrogens is 518 g/mol. The van der Waals surface area contributed by atoms with Crippen LogP contribution >= 0.6 is 34.7 Å². The van der Waals surface area contributed by atoms with E-state index >= 15 is 0 Å². The summed E-state index contributed by atoms with van der Waals surface area (Å²) in [7, 11) is 0. The third-order valence-electron chi connectivity index (χ3n) is 5.61. The second-order valence-electron chi connectivity index (χ2n) is 7.99. The van der Waals surface area contributed by atoms with Gasteiger partial charge >= 0.3 is 5.97 Å². The molecule has 0 saturated carbocycles. The minimum absolute atomic E-state index is 0.235. The summed E-state index contributed by atoms with van der Waals surface area (Å²) in [6.45, 7) is 3.82. The number of halogens is 1. The van der Waals surface area contributed by atoms with Crippen molar-refractivity contribution in [2.24, 2.45) is 0 Å². The van der Waals surface area contributed by atoms with Crippen LogP contribution in [0.2, 0.25) is 5.02 Å². The van der Waals surface area contributed by atoms with Crippen LogP contribution in [-0.4, -0.2) is 38.6 Å². The number of hydrogen-bond acceptors (Lipinski definition) is 8. The molecule has 2 aromatic carbocycles. The minimum atomic E-state index is -0.598. The molecule has 4 aromatic rings. The van der Waals surface area contributed by atoms with Crippen molar-refractivity contribution in [3.8, 4) is 10.4 Å². The lowest BCUT2D eigenvalue weighted by molar-refractivity contribution is -0.116. The van der Waals surface area contributed by atoms with E-state index in [1.54, 1.807) is 29.8 Å². The third kappa shape index (κ3) is 4.84. The number of esters is 1. The largest absolute Gasteiger partial charge is 0.462 e. The van der Waals surface area contributed by atoms with Gasteiger partial charge in [-0.05, 0) is 43.2 Å².